The van der Waals surface area contributed by atoms with E-state index in [1.807, 2.05) is 0 Å². The Hall–Kier alpha value is -1.01. The molecule has 0 amide bonds. The van der Waals surface area contributed by atoms with Crippen molar-refractivity contribution in [2.75, 3.05) is 0 Å². The largest absolute Gasteiger partial charge is 0.217 e. The van der Waals surface area contributed by atoms with Crippen LogP contribution in [0.5, 0.6) is 0 Å². The molecule has 6 heteroatoms. The molecule has 1 rings (SSSR count). The molecule has 0 aliphatic carbocycles. The molecule has 1 atom stereocenters. The van der Waals surface area contributed by atoms with Crippen LogP contribution in [0.4, 0.5) is 8.78 Å². The smallest absolute Gasteiger partial charge is 0.212 e. The van der Waals surface area contributed by atoms with Crippen molar-refractivity contribution in [1.82, 2.24) is 4.72 Å². The highest BCUT2D eigenvalue weighted by molar-refractivity contribution is 7.90. The number of hydrogen-bond acceptors (Lipinski definition) is 2. The second kappa shape index (κ2) is 5.77. The van der Waals surface area contributed by atoms with E-state index in [4.69, 9.17) is 0 Å². The van der Waals surface area contributed by atoms with Gasteiger partial charge in [0.25, 0.3) is 0 Å². The highest BCUT2D eigenvalue weighted by atomic mass is 32.2. The molecule has 0 saturated heterocycles. The minimum absolute atomic E-state index is 0.145. The van der Waals surface area contributed by atoms with Gasteiger partial charge < -0.3 is 0 Å². The minimum Gasteiger partial charge on any atom is -0.212 e. The van der Waals surface area contributed by atoms with Crippen LogP contribution in [-0.4, -0.2) is 13.2 Å². The van der Waals surface area contributed by atoms with Gasteiger partial charge in [-0.05, 0) is 44.4 Å². The zero-order valence-electron chi connectivity index (χ0n) is 12.4. The SMILES string of the molecule is CC(C)C(NS(=O)(=O)C(C)(C)C)c1cc(F)cc(F)c1. The van der Waals surface area contributed by atoms with Gasteiger partial charge in [-0.2, -0.15) is 0 Å². The third kappa shape index (κ3) is 3.99. The standard InChI is InChI=1S/C14H21F2NO2S/c1-9(2)13(17-20(18,19)14(3,4)5)10-6-11(15)8-12(16)7-10/h6-9,13,17H,1-5H3. The van der Waals surface area contributed by atoms with Crippen LogP contribution < -0.4 is 4.72 Å². The van der Waals surface area contributed by atoms with Gasteiger partial charge in [-0.1, -0.05) is 13.8 Å². The van der Waals surface area contributed by atoms with Crippen molar-refractivity contribution >= 4 is 10.0 Å². The van der Waals surface area contributed by atoms with E-state index in [9.17, 15) is 17.2 Å². The van der Waals surface area contributed by atoms with Crippen molar-refractivity contribution in [2.24, 2.45) is 5.92 Å². The van der Waals surface area contributed by atoms with Crippen molar-refractivity contribution < 1.29 is 17.2 Å². The summed E-state index contributed by atoms with van der Waals surface area (Å²) < 4.78 is 52.6. The van der Waals surface area contributed by atoms with E-state index in [-0.39, 0.29) is 11.5 Å². The summed E-state index contributed by atoms with van der Waals surface area (Å²) in [5.41, 5.74) is 0.283. The Bertz CT molecular complexity index is 557. The normalized spacial score (nSPS) is 14.6. The molecule has 3 nitrogen and oxygen atoms in total. The van der Waals surface area contributed by atoms with Gasteiger partial charge in [0, 0.05) is 12.1 Å². The molecule has 0 fully saturated rings. The maximum absolute atomic E-state index is 13.3. The van der Waals surface area contributed by atoms with Crippen molar-refractivity contribution in [1.29, 1.82) is 0 Å². The van der Waals surface area contributed by atoms with Crippen LogP contribution in [0.25, 0.3) is 0 Å². The lowest BCUT2D eigenvalue weighted by Crippen LogP contribution is -2.42. The Kier molecular flexibility index (Phi) is 4.92. The van der Waals surface area contributed by atoms with E-state index in [2.05, 4.69) is 4.72 Å². The fourth-order valence-corrected chi connectivity index (χ4v) is 2.78. The summed E-state index contributed by atoms with van der Waals surface area (Å²) in [4.78, 5) is 0. The zero-order chi connectivity index (χ0) is 15.7. The minimum atomic E-state index is -3.61. The summed E-state index contributed by atoms with van der Waals surface area (Å²) in [6.45, 7) is 8.29. The lowest BCUT2D eigenvalue weighted by molar-refractivity contribution is 0.447. The van der Waals surface area contributed by atoms with Crippen molar-refractivity contribution in [3.05, 3.63) is 35.4 Å². The third-order valence-electron chi connectivity index (χ3n) is 3.00. The molecule has 0 spiro atoms. The van der Waals surface area contributed by atoms with E-state index >= 15 is 0 Å². The first-order valence-corrected chi connectivity index (χ1v) is 7.90. The topological polar surface area (TPSA) is 46.2 Å². The summed E-state index contributed by atoms with van der Waals surface area (Å²) in [5.74, 6) is -1.59. The molecule has 0 radical (unpaired) electrons. The maximum Gasteiger partial charge on any atom is 0.217 e. The van der Waals surface area contributed by atoms with Crippen LogP contribution >= 0.6 is 0 Å². The average molecular weight is 305 g/mol. The first-order valence-electron chi connectivity index (χ1n) is 6.42. The highest BCUT2D eigenvalue weighted by Crippen LogP contribution is 2.26. The summed E-state index contributed by atoms with van der Waals surface area (Å²) in [6, 6.07) is 2.39. The van der Waals surface area contributed by atoms with Gasteiger partial charge in [0.15, 0.2) is 0 Å². The lowest BCUT2D eigenvalue weighted by atomic mass is 9.97. The predicted molar refractivity (Wildman–Crippen MR) is 75.7 cm³/mol. The molecule has 1 aromatic rings. The van der Waals surface area contributed by atoms with E-state index < -0.39 is 32.4 Å². The Labute approximate surface area is 119 Å². The van der Waals surface area contributed by atoms with Gasteiger partial charge in [-0.3, -0.25) is 0 Å². The van der Waals surface area contributed by atoms with E-state index in [0.29, 0.717) is 0 Å². The summed E-state index contributed by atoms with van der Waals surface area (Å²) in [7, 11) is -3.61. The number of benzene rings is 1. The first-order chi connectivity index (χ1) is 8.94. The molecule has 0 bridgehead atoms. The summed E-state index contributed by atoms with van der Waals surface area (Å²) >= 11 is 0. The van der Waals surface area contributed by atoms with E-state index in [0.717, 1.165) is 18.2 Å². The van der Waals surface area contributed by atoms with Crippen molar-refractivity contribution in [3.63, 3.8) is 0 Å². The fourth-order valence-electron chi connectivity index (χ4n) is 1.69. The Morgan fingerprint density at radius 3 is 1.85 bits per heavy atom. The second-order valence-corrected chi connectivity index (χ2v) is 8.63. The number of rotatable bonds is 4. The molecule has 0 saturated carbocycles. The van der Waals surface area contributed by atoms with Crippen LogP contribution in [0.1, 0.15) is 46.2 Å². The highest BCUT2D eigenvalue weighted by Gasteiger charge is 2.33. The molecule has 1 N–H and O–H groups in total. The van der Waals surface area contributed by atoms with Gasteiger partial charge in [0.2, 0.25) is 10.0 Å². The zero-order valence-corrected chi connectivity index (χ0v) is 13.2. The van der Waals surface area contributed by atoms with Gasteiger partial charge in [0.05, 0.1) is 4.75 Å². The van der Waals surface area contributed by atoms with Crippen LogP contribution in [0.3, 0.4) is 0 Å². The number of halogens is 2. The Balaban J connectivity index is 3.20. The van der Waals surface area contributed by atoms with E-state index in [1.54, 1.807) is 34.6 Å². The number of nitrogens with one attached hydrogen (secondary N) is 1. The van der Waals surface area contributed by atoms with Crippen LogP contribution in [0.2, 0.25) is 0 Å². The van der Waals surface area contributed by atoms with Crippen LogP contribution in [-0.2, 0) is 10.0 Å². The molecule has 0 aromatic heterocycles. The molecular weight excluding hydrogens is 284 g/mol. The predicted octanol–water partition coefficient (Wildman–Crippen LogP) is 3.38. The fraction of sp³-hybridized carbons (Fsp3) is 0.571. The summed E-state index contributed by atoms with van der Waals surface area (Å²) in [5, 5.41) is 0. The molecule has 1 aromatic carbocycles. The maximum atomic E-state index is 13.3. The van der Waals surface area contributed by atoms with Crippen molar-refractivity contribution in [3.8, 4) is 0 Å². The molecule has 0 aliphatic heterocycles. The summed E-state index contributed by atoms with van der Waals surface area (Å²) in [6.07, 6.45) is 0. The Morgan fingerprint density at radius 1 is 1.05 bits per heavy atom. The second-order valence-electron chi connectivity index (χ2n) is 6.16. The number of hydrogen-bond donors (Lipinski definition) is 1. The third-order valence-corrected chi connectivity index (χ3v) is 5.18. The van der Waals surface area contributed by atoms with Gasteiger partial charge in [-0.15, -0.1) is 0 Å². The molecule has 0 heterocycles. The quantitative estimate of drug-likeness (QED) is 0.927. The molecule has 114 valence electrons. The van der Waals surface area contributed by atoms with Crippen LogP contribution in [0, 0.1) is 17.6 Å². The molecular formula is C14H21F2NO2S. The van der Waals surface area contributed by atoms with Gasteiger partial charge >= 0.3 is 0 Å². The van der Waals surface area contributed by atoms with Gasteiger partial charge in [0.1, 0.15) is 11.6 Å². The van der Waals surface area contributed by atoms with Gasteiger partial charge in [-0.25, -0.2) is 21.9 Å². The number of sulfonamides is 1. The first kappa shape index (κ1) is 17.0. The molecule has 20 heavy (non-hydrogen) atoms. The van der Waals surface area contributed by atoms with Crippen LogP contribution in [0.15, 0.2) is 18.2 Å². The average Bonchev–Trinajstić information content (AvgIpc) is 2.22. The van der Waals surface area contributed by atoms with E-state index in [1.165, 1.54) is 0 Å². The Morgan fingerprint density at radius 2 is 1.50 bits per heavy atom. The molecule has 1 unspecified atom stereocenters. The molecule has 0 aliphatic rings. The monoisotopic (exact) mass is 305 g/mol. The lowest BCUT2D eigenvalue weighted by Gasteiger charge is -2.28. The van der Waals surface area contributed by atoms with Crippen molar-refractivity contribution in [2.45, 2.75) is 45.4 Å².